The SMILES string of the molecule is CC/C(=N/Nc1nc(-c2ccc(Cl)cc2)cs1)c1ccccc1. The van der Waals surface area contributed by atoms with Crippen molar-refractivity contribution in [1.82, 2.24) is 4.98 Å². The van der Waals surface area contributed by atoms with Crippen molar-refractivity contribution in [2.45, 2.75) is 13.3 Å². The Morgan fingerprint density at radius 2 is 1.87 bits per heavy atom. The first-order valence-corrected chi connectivity index (χ1v) is 8.61. The standard InChI is InChI=1S/C18H16ClN3S/c1-2-16(13-6-4-3-5-7-13)21-22-18-20-17(12-23-18)14-8-10-15(19)11-9-14/h3-12H,2H2,1H3,(H,20,22)/b21-16-. The van der Waals surface area contributed by atoms with E-state index in [0.717, 1.165) is 39.1 Å². The van der Waals surface area contributed by atoms with Gasteiger partial charge in [0, 0.05) is 16.0 Å². The van der Waals surface area contributed by atoms with Gasteiger partial charge in [0.25, 0.3) is 0 Å². The van der Waals surface area contributed by atoms with Crippen molar-refractivity contribution in [3.8, 4) is 11.3 Å². The van der Waals surface area contributed by atoms with Crippen LogP contribution in [0.4, 0.5) is 5.13 Å². The lowest BCUT2D eigenvalue weighted by molar-refractivity contribution is 1.21. The van der Waals surface area contributed by atoms with Gasteiger partial charge in [-0.1, -0.05) is 61.0 Å². The lowest BCUT2D eigenvalue weighted by Crippen LogP contribution is -2.02. The van der Waals surface area contributed by atoms with Gasteiger partial charge >= 0.3 is 0 Å². The number of nitrogens with one attached hydrogen (secondary N) is 1. The van der Waals surface area contributed by atoms with Crippen LogP contribution in [0.5, 0.6) is 0 Å². The van der Waals surface area contributed by atoms with E-state index in [9.17, 15) is 0 Å². The van der Waals surface area contributed by atoms with Crippen molar-refractivity contribution < 1.29 is 0 Å². The first-order chi connectivity index (χ1) is 11.3. The molecule has 0 aliphatic carbocycles. The molecule has 5 heteroatoms. The number of halogens is 1. The summed E-state index contributed by atoms with van der Waals surface area (Å²) in [5.74, 6) is 0. The van der Waals surface area contributed by atoms with Crippen molar-refractivity contribution in [3.05, 3.63) is 70.6 Å². The maximum Gasteiger partial charge on any atom is 0.203 e. The fraction of sp³-hybridized carbons (Fsp3) is 0.111. The van der Waals surface area contributed by atoms with Gasteiger partial charge in [0.1, 0.15) is 0 Å². The van der Waals surface area contributed by atoms with Crippen LogP contribution in [0.3, 0.4) is 0 Å². The molecule has 0 saturated heterocycles. The summed E-state index contributed by atoms with van der Waals surface area (Å²) in [6.07, 6.45) is 0.854. The zero-order valence-corrected chi connectivity index (χ0v) is 14.2. The number of hydrazone groups is 1. The number of nitrogens with zero attached hydrogens (tertiary/aromatic N) is 2. The molecule has 3 rings (SSSR count). The molecule has 0 spiro atoms. The van der Waals surface area contributed by atoms with E-state index in [-0.39, 0.29) is 0 Å². The zero-order chi connectivity index (χ0) is 16.1. The normalized spacial score (nSPS) is 11.5. The highest BCUT2D eigenvalue weighted by Gasteiger charge is 2.05. The molecule has 0 unspecified atom stereocenters. The van der Waals surface area contributed by atoms with E-state index in [4.69, 9.17) is 11.6 Å². The summed E-state index contributed by atoms with van der Waals surface area (Å²) in [5.41, 5.74) is 7.16. The minimum absolute atomic E-state index is 0.724. The van der Waals surface area contributed by atoms with Crippen LogP contribution in [-0.4, -0.2) is 10.7 Å². The van der Waals surface area contributed by atoms with Gasteiger partial charge in [0.05, 0.1) is 11.4 Å². The fourth-order valence-corrected chi connectivity index (χ4v) is 2.96. The average Bonchev–Trinajstić information content (AvgIpc) is 3.06. The molecule has 3 nitrogen and oxygen atoms in total. The van der Waals surface area contributed by atoms with Crippen LogP contribution >= 0.6 is 22.9 Å². The maximum absolute atomic E-state index is 5.92. The Hall–Kier alpha value is -2.17. The molecule has 0 saturated carbocycles. The number of anilines is 1. The van der Waals surface area contributed by atoms with E-state index in [0.29, 0.717) is 0 Å². The van der Waals surface area contributed by atoms with Gasteiger partial charge in [-0.15, -0.1) is 11.3 Å². The minimum Gasteiger partial charge on any atom is -0.252 e. The van der Waals surface area contributed by atoms with Gasteiger partial charge in [0.15, 0.2) is 0 Å². The molecule has 0 atom stereocenters. The van der Waals surface area contributed by atoms with Crippen LogP contribution in [0.25, 0.3) is 11.3 Å². The summed E-state index contributed by atoms with van der Waals surface area (Å²) >= 11 is 7.45. The summed E-state index contributed by atoms with van der Waals surface area (Å²) in [6, 6.07) is 17.8. The zero-order valence-electron chi connectivity index (χ0n) is 12.7. The Morgan fingerprint density at radius 3 is 2.57 bits per heavy atom. The fourth-order valence-electron chi connectivity index (χ4n) is 2.17. The molecular formula is C18H16ClN3S. The van der Waals surface area contributed by atoms with E-state index in [1.54, 1.807) is 0 Å². The smallest absolute Gasteiger partial charge is 0.203 e. The molecular weight excluding hydrogens is 326 g/mol. The largest absolute Gasteiger partial charge is 0.252 e. The molecule has 1 heterocycles. The van der Waals surface area contributed by atoms with E-state index < -0.39 is 0 Å². The number of aromatic nitrogens is 1. The van der Waals surface area contributed by atoms with Crippen LogP contribution in [0.15, 0.2) is 65.1 Å². The number of thiazole rings is 1. The molecule has 0 amide bonds. The highest BCUT2D eigenvalue weighted by atomic mass is 35.5. The Morgan fingerprint density at radius 1 is 1.13 bits per heavy atom. The third-order valence-electron chi connectivity index (χ3n) is 3.37. The van der Waals surface area contributed by atoms with Gasteiger partial charge in [0.2, 0.25) is 5.13 Å². The highest BCUT2D eigenvalue weighted by Crippen LogP contribution is 2.26. The van der Waals surface area contributed by atoms with Crippen molar-refractivity contribution in [1.29, 1.82) is 0 Å². The Kier molecular flexibility index (Phi) is 5.05. The summed E-state index contributed by atoms with van der Waals surface area (Å²) in [6.45, 7) is 2.09. The van der Waals surface area contributed by atoms with Crippen LogP contribution in [0, 0.1) is 0 Å². The second-order valence-corrected chi connectivity index (χ2v) is 6.23. The highest BCUT2D eigenvalue weighted by molar-refractivity contribution is 7.14. The lowest BCUT2D eigenvalue weighted by Gasteiger charge is -2.03. The summed E-state index contributed by atoms with van der Waals surface area (Å²) < 4.78 is 0. The van der Waals surface area contributed by atoms with Crippen LogP contribution in [0.2, 0.25) is 5.02 Å². The van der Waals surface area contributed by atoms with Crippen molar-refractivity contribution >= 4 is 33.8 Å². The van der Waals surface area contributed by atoms with Crippen LogP contribution in [-0.2, 0) is 0 Å². The summed E-state index contributed by atoms with van der Waals surface area (Å²) in [7, 11) is 0. The van der Waals surface area contributed by atoms with Gasteiger partial charge in [-0.2, -0.15) is 5.10 Å². The molecule has 23 heavy (non-hydrogen) atoms. The monoisotopic (exact) mass is 341 g/mol. The second-order valence-electron chi connectivity index (χ2n) is 4.93. The molecule has 0 fully saturated rings. The first kappa shape index (κ1) is 15.7. The number of rotatable bonds is 5. The van der Waals surface area contributed by atoms with E-state index in [1.807, 2.05) is 47.8 Å². The molecule has 0 aliphatic rings. The van der Waals surface area contributed by atoms with E-state index >= 15 is 0 Å². The molecule has 0 radical (unpaired) electrons. The third kappa shape index (κ3) is 3.97. The molecule has 1 N–H and O–H groups in total. The molecule has 1 aromatic heterocycles. The molecule has 0 bridgehead atoms. The van der Waals surface area contributed by atoms with Crippen LogP contribution < -0.4 is 5.43 Å². The first-order valence-electron chi connectivity index (χ1n) is 7.35. The summed E-state index contributed by atoms with van der Waals surface area (Å²) in [4.78, 5) is 4.57. The van der Waals surface area contributed by atoms with Gasteiger partial charge in [-0.25, -0.2) is 4.98 Å². The minimum atomic E-state index is 0.724. The molecule has 0 aliphatic heterocycles. The molecule has 3 aromatic rings. The number of hydrogen-bond acceptors (Lipinski definition) is 4. The topological polar surface area (TPSA) is 37.3 Å². The predicted molar refractivity (Wildman–Crippen MR) is 99.5 cm³/mol. The molecule has 2 aromatic carbocycles. The second kappa shape index (κ2) is 7.40. The van der Waals surface area contributed by atoms with E-state index in [1.165, 1.54) is 11.3 Å². The Bertz CT molecular complexity index is 795. The van der Waals surface area contributed by atoms with Crippen LogP contribution in [0.1, 0.15) is 18.9 Å². The van der Waals surface area contributed by atoms with E-state index in [2.05, 4.69) is 34.6 Å². The Balaban J connectivity index is 1.76. The number of benzene rings is 2. The molecule has 116 valence electrons. The summed E-state index contributed by atoms with van der Waals surface area (Å²) in [5, 5.41) is 8.01. The van der Waals surface area contributed by atoms with Crippen molar-refractivity contribution in [3.63, 3.8) is 0 Å². The lowest BCUT2D eigenvalue weighted by atomic mass is 10.1. The third-order valence-corrected chi connectivity index (χ3v) is 4.37. The van der Waals surface area contributed by atoms with Crippen molar-refractivity contribution in [2.24, 2.45) is 5.10 Å². The van der Waals surface area contributed by atoms with Gasteiger partial charge in [-0.3, -0.25) is 5.43 Å². The number of hydrogen-bond donors (Lipinski definition) is 1. The Labute approximate surface area is 144 Å². The van der Waals surface area contributed by atoms with Crippen molar-refractivity contribution in [2.75, 3.05) is 5.43 Å². The quantitative estimate of drug-likeness (QED) is 0.478. The predicted octanol–water partition coefficient (Wildman–Crippen LogP) is 5.69. The maximum atomic E-state index is 5.92. The van der Waals surface area contributed by atoms with Gasteiger partial charge < -0.3 is 0 Å². The van der Waals surface area contributed by atoms with Gasteiger partial charge in [-0.05, 0) is 24.1 Å². The average molecular weight is 342 g/mol.